The third kappa shape index (κ3) is 3.52. The molecule has 0 aromatic carbocycles. The van der Waals surface area contributed by atoms with Crippen molar-refractivity contribution in [2.75, 3.05) is 5.75 Å². The third-order valence-corrected chi connectivity index (χ3v) is 1.53. The zero-order chi connectivity index (χ0) is 9.07. The first-order chi connectivity index (χ1) is 4.90. The van der Waals surface area contributed by atoms with Gasteiger partial charge in [-0.3, -0.25) is 4.79 Å². The second-order valence-corrected chi connectivity index (χ2v) is 3.29. The van der Waals surface area contributed by atoms with E-state index in [1.165, 1.54) is 6.92 Å². The number of nitrogens with one attached hydrogen (secondary N) is 1. The van der Waals surface area contributed by atoms with Crippen molar-refractivity contribution in [3.05, 3.63) is 0 Å². The third-order valence-electron chi connectivity index (χ3n) is 0.943. The second-order valence-electron chi connectivity index (χ2n) is 2.08. The van der Waals surface area contributed by atoms with E-state index >= 15 is 0 Å². The fraction of sp³-hybridized carbons (Fsp3) is 0.600. The minimum atomic E-state index is -1.51. The lowest BCUT2D eigenvalue weighted by Crippen LogP contribution is -2.48. The number of carboxylic acid groups (broad SMARTS) is 1. The van der Waals surface area contributed by atoms with Gasteiger partial charge in [0.2, 0.25) is 5.91 Å². The Morgan fingerprint density at radius 2 is 2.09 bits per heavy atom. The van der Waals surface area contributed by atoms with Crippen LogP contribution in [-0.4, -0.2) is 27.6 Å². The Bertz CT molecular complexity index is 181. The largest absolute Gasteiger partial charge is 0.479 e. The Labute approximate surface area is 75.2 Å². The summed E-state index contributed by atoms with van der Waals surface area (Å²) in [5.74, 6) is -1.71. The average molecular weight is 195 g/mol. The van der Waals surface area contributed by atoms with Crippen LogP contribution in [0, 0.1) is 0 Å². The highest BCUT2D eigenvalue weighted by molar-refractivity contribution is 7.82. The smallest absolute Gasteiger partial charge is 0.339 e. The molecule has 0 saturated heterocycles. The summed E-state index contributed by atoms with van der Waals surface area (Å²) >= 11 is 7.37. The van der Waals surface area contributed by atoms with E-state index in [0.29, 0.717) is 0 Å². The molecule has 1 amide bonds. The van der Waals surface area contributed by atoms with Crippen molar-refractivity contribution in [3.63, 3.8) is 0 Å². The molecule has 11 heavy (non-hydrogen) atoms. The van der Waals surface area contributed by atoms with Gasteiger partial charge in [0.1, 0.15) is 0 Å². The van der Waals surface area contributed by atoms with Gasteiger partial charge in [-0.1, -0.05) is 0 Å². The summed E-state index contributed by atoms with van der Waals surface area (Å²) in [5.41, 5.74) is 0. The molecule has 4 nitrogen and oxygen atoms in total. The fourth-order valence-corrected chi connectivity index (χ4v) is 0.568. The Morgan fingerprint density at radius 3 is 2.36 bits per heavy atom. The van der Waals surface area contributed by atoms with E-state index in [0.717, 1.165) is 0 Å². The van der Waals surface area contributed by atoms with Gasteiger partial charge in [-0.25, -0.2) is 4.79 Å². The zero-order valence-electron chi connectivity index (χ0n) is 5.87. The van der Waals surface area contributed by atoms with Gasteiger partial charge >= 0.3 is 5.97 Å². The topological polar surface area (TPSA) is 66.4 Å². The lowest BCUT2D eigenvalue weighted by Gasteiger charge is -2.18. The predicted molar refractivity (Wildman–Crippen MR) is 47.0 cm³/mol. The molecule has 6 heteroatoms. The van der Waals surface area contributed by atoms with E-state index in [1.807, 2.05) is 0 Å². The number of carbonyl (C=O) groups is 2. The summed E-state index contributed by atoms with van der Waals surface area (Å²) in [6, 6.07) is 0. The molecule has 2 N–H and O–H groups in total. The maximum Gasteiger partial charge on any atom is 0.339 e. The molecule has 0 aliphatic rings. The summed E-state index contributed by atoms with van der Waals surface area (Å²) in [7, 11) is 0. The molecule has 0 saturated carbocycles. The molecule has 0 rings (SSSR count). The summed E-state index contributed by atoms with van der Waals surface area (Å²) in [5, 5.41) is 10.6. The van der Waals surface area contributed by atoms with Gasteiger partial charge in [0.25, 0.3) is 0 Å². The number of carboxylic acids is 1. The van der Waals surface area contributed by atoms with Gasteiger partial charge in [0, 0.05) is 0 Å². The number of rotatable bonds is 3. The van der Waals surface area contributed by atoms with Crippen LogP contribution in [0.1, 0.15) is 6.92 Å². The molecule has 0 fully saturated rings. The van der Waals surface area contributed by atoms with Gasteiger partial charge < -0.3 is 10.4 Å². The normalized spacial score (nSPS) is 15.2. The van der Waals surface area contributed by atoms with Crippen molar-refractivity contribution in [2.24, 2.45) is 0 Å². The van der Waals surface area contributed by atoms with Crippen LogP contribution in [0.2, 0.25) is 0 Å². The Morgan fingerprint density at radius 1 is 1.64 bits per heavy atom. The van der Waals surface area contributed by atoms with E-state index in [9.17, 15) is 9.59 Å². The Balaban J connectivity index is 4.12. The molecule has 1 unspecified atom stereocenters. The first-order valence-electron chi connectivity index (χ1n) is 2.78. The highest BCUT2D eigenvalue weighted by Crippen LogP contribution is 2.08. The van der Waals surface area contributed by atoms with E-state index < -0.39 is 16.7 Å². The molecular formula is C5H9NO3S2. The van der Waals surface area contributed by atoms with E-state index in [2.05, 4.69) is 30.6 Å². The van der Waals surface area contributed by atoms with Crippen molar-refractivity contribution in [3.8, 4) is 0 Å². The number of carbonyl (C=O) groups excluding carboxylic acids is 1. The SMILES string of the molecule is CC(S)(NC(=O)CS)C(=O)O. The summed E-state index contributed by atoms with van der Waals surface area (Å²) in [6.45, 7) is 1.28. The van der Waals surface area contributed by atoms with E-state index in [1.54, 1.807) is 0 Å². The van der Waals surface area contributed by atoms with Crippen LogP contribution in [0.15, 0.2) is 0 Å². The fourth-order valence-electron chi connectivity index (χ4n) is 0.364. The molecule has 0 bridgehead atoms. The summed E-state index contributed by atoms with van der Waals surface area (Å²) < 4.78 is 0. The summed E-state index contributed by atoms with van der Waals surface area (Å²) in [6.07, 6.45) is 0. The minimum absolute atomic E-state index is 0.0522. The van der Waals surface area contributed by atoms with Gasteiger partial charge in [-0.05, 0) is 6.92 Å². The van der Waals surface area contributed by atoms with Gasteiger partial charge in [0.15, 0.2) is 4.87 Å². The van der Waals surface area contributed by atoms with Gasteiger partial charge in [-0.15, -0.1) is 12.6 Å². The second kappa shape index (κ2) is 3.87. The van der Waals surface area contributed by atoms with Crippen LogP contribution in [0.25, 0.3) is 0 Å². The first-order valence-corrected chi connectivity index (χ1v) is 3.85. The molecule has 0 radical (unpaired) electrons. The Kier molecular flexibility index (Phi) is 3.74. The lowest BCUT2D eigenvalue weighted by molar-refractivity contribution is -0.142. The number of amides is 1. The van der Waals surface area contributed by atoms with Crippen molar-refractivity contribution in [1.29, 1.82) is 0 Å². The molecular weight excluding hydrogens is 186 g/mol. The van der Waals surface area contributed by atoms with Crippen LogP contribution in [0.4, 0.5) is 0 Å². The number of thiol groups is 2. The highest BCUT2D eigenvalue weighted by atomic mass is 32.1. The monoisotopic (exact) mass is 195 g/mol. The van der Waals surface area contributed by atoms with Crippen LogP contribution < -0.4 is 5.32 Å². The van der Waals surface area contributed by atoms with E-state index in [4.69, 9.17) is 5.11 Å². The zero-order valence-corrected chi connectivity index (χ0v) is 7.65. The molecule has 0 aromatic heterocycles. The predicted octanol–water partition coefficient (Wildman–Crippen LogP) is -0.237. The highest BCUT2D eigenvalue weighted by Gasteiger charge is 2.29. The van der Waals surface area contributed by atoms with Crippen molar-refractivity contribution < 1.29 is 14.7 Å². The molecule has 0 aliphatic carbocycles. The minimum Gasteiger partial charge on any atom is -0.479 e. The molecule has 0 aromatic rings. The van der Waals surface area contributed by atoms with Crippen LogP contribution >= 0.6 is 25.3 Å². The quantitative estimate of drug-likeness (QED) is 0.371. The molecule has 0 heterocycles. The average Bonchev–Trinajstić information content (AvgIpc) is 1.86. The first kappa shape index (κ1) is 10.6. The van der Waals surface area contributed by atoms with Crippen LogP contribution in [0.3, 0.4) is 0 Å². The molecule has 1 atom stereocenters. The van der Waals surface area contributed by atoms with Gasteiger partial charge in [-0.2, -0.15) is 12.6 Å². The number of hydrogen-bond donors (Lipinski definition) is 4. The maximum absolute atomic E-state index is 10.6. The maximum atomic E-state index is 10.6. The van der Waals surface area contributed by atoms with E-state index in [-0.39, 0.29) is 5.75 Å². The summed E-state index contributed by atoms with van der Waals surface area (Å²) in [4.78, 5) is 19.5. The van der Waals surface area contributed by atoms with Crippen LogP contribution in [0.5, 0.6) is 0 Å². The molecule has 0 aliphatic heterocycles. The van der Waals surface area contributed by atoms with Crippen molar-refractivity contribution in [1.82, 2.24) is 5.32 Å². The van der Waals surface area contributed by atoms with Gasteiger partial charge in [0.05, 0.1) is 5.75 Å². The van der Waals surface area contributed by atoms with Crippen LogP contribution in [-0.2, 0) is 9.59 Å². The lowest BCUT2D eigenvalue weighted by atomic mass is 10.3. The molecule has 0 spiro atoms. The molecule has 64 valence electrons. The van der Waals surface area contributed by atoms with Crippen molar-refractivity contribution in [2.45, 2.75) is 11.8 Å². The number of aliphatic carboxylic acids is 1. The number of hydrogen-bond acceptors (Lipinski definition) is 4. The Hall–Kier alpha value is -0.360. The standard InChI is InChI=1S/C5H9NO3S2/c1-5(11,4(8)9)6-3(7)2-10/h10-11H,2H2,1H3,(H,6,7)(H,8,9). The van der Waals surface area contributed by atoms with Crippen molar-refractivity contribution >= 4 is 37.1 Å².